The van der Waals surface area contributed by atoms with Crippen LogP contribution in [0.15, 0.2) is 53.4 Å². The van der Waals surface area contributed by atoms with Crippen molar-refractivity contribution < 1.29 is 5.11 Å². The fraction of sp³-hybridized carbons (Fsp3) is 0.391. The summed E-state index contributed by atoms with van der Waals surface area (Å²) >= 11 is 1.87. The molecule has 3 atom stereocenters. The number of aromatic amines is 1. The van der Waals surface area contributed by atoms with Crippen molar-refractivity contribution in [2.45, 2.75) is 36.3 Å². The van der Waals surface area contributed by atoms with E-state index < -0.39 is 0 Å². The fourth-order valence-corrected chi connectivity index (χ4v) is 6.04. The van der Waals surface area contributed by atoms with Gasteiger partial charge in [-0.1, -0.05) is 18.2 Å². The molecule has 0 spiro atoms. The van der Waals surface area contributed by atoms with E-state index in [0.717, 1.165) is 19.4 Å². The maximum absolute atomic E-state index is 10.2. The van der Waals surface area contributed by atoms with E-state index in [-0.39, 0.29) is 6.10 Å². The Balaban J connectivity index is 1.42. The number of benzene rings is 2. The van der Waals surface area contributed by atoms with Crippen LogP contribution < -0.4 is 4.90 Å². The lowest BCUT2D eigenvalue weighted by Crippen LogP contribution is -2.37. The van der Waals surface area contributed by atoms with Crippen LogP contribution in [0.2, 0.25) is 0 Å². The molecule has 3 aromatic rings. The summed E-state index contributed by atoms with van der Waals surface area (Å²) in [5, 5.41) is 11.5. The normalized spacial score (nSPS) is 26.9. The minimum atomic E-state index is -0.112. The van der Waals surface area contributed by atoms with Gasteiger partial charge in [0.15, 0.2) is 0 Å². The van der Waals surface area contributed by atoms with Crippen LogP contribution in [0.5, 0.6) is 0 Å². The smallest absolute Gasteiger partial charge is 0.0605 e. The van der Waals surface area contributed by atoms with Gasteiger partial charge in [0.1, 0.15) is 0 Å². The summed E-state index contributed by atoms with van der Waals surface area (Å²) in [5.41, 5.74) is 4.95. The maximum Gasteiger partial charge on any atom is 0.0605 e. The van der Waals surface area contributed by atoms with Crippen molar-refractivity contribution in [3.05, 3.63) is 48.5 Å². The lowest BCUT2D eigenvalue weighted by Gasteiger charge is -2.33. The molecule has 2 N–H and O–H groups in total. The highest BCUT2D eigenvalue weighted by molar-refractivity contribution is 7.97. The number of rotatable bonds is 4. The minimum Gasteiger partial charge on any atom is -0.393 e. The second kappa shape index (κ2) is 6.55. The number of anilines is 1. The average molecular weight is 392 g/mol. The number of nitrogens with zero attached hydrogens (tertiary/aromatic N) is 2. The first kappa shape index (κ1) is 17.0. The van der Waals surface area contributed by atoms with E-state index in [1.54, 1.807) is 0 Å². The number of H-pyrrole nitrogens is 1. The molecule has 2 bridgehead atoms. The molecule has 28 heavy (non-hydrogen) atoms. The van der Waals surface area contributed by atoms with Crippen molar-refractivity contribution >= 4 is 28.5 Å². The predicted molar refractivity (Wildman–Crippen MR) is 116 cm³/mol. The number of hydrogen-bond donors (Lipinski definition) is 2. The Morgan fingerprint density at radius 2 is 1.93 bits per heavy atom. The van der Waals surface area contributed by atoms with Crippen LogP contribution >= 0.6 is 11.9 Å². The van der Waals surface area contributed by atoms with Crippen molar-refractivity contribution in [2.75, 3.05) is 24.5 Å². The van der Waals surface area contributed by atoms with E-state index >= 15 is 0 Å². The molecule has 4 nitrogen and oxygen atoms in total. The molecule has 2 saturated heterocycles. The first-order valence-electron chi connectivity index (χ1n) is 10.3. The zero-order chi connectivity index (χ0) is 18.7. The SMILES string of the molecule is OC1C[C@H]2C[C@@H]1CN2c1ccc(SN2CCC2)cc1-c1cc2ccccc2[nH]1. The average Bonchev–Trinajstić information content (AvgIpc) is 3.37. The van der Waals surface area contributed by atoms with Crippen molar-refractivity contribution in [3.8, 4) is 11.3 Å². The molecule has 1 aromatic heterocycles. The molecule has 3 heterocycles. The molecule has 5 heteroatoms. The van der Waals surface area contributed by atoms with Crippen molar-refractivity contribution in [1.29, 1.82) is 0 Å². The van der Waals surface area contributed by atoms with E-state index in [9.17, 15) is 5.11 Å². The topological polar surface area (TPSA) is 42.5 Å². The summed E-state index contributed by atoms with van der Waals surface area (Å²) in [6, 6.07) is 18.2. The van der Waals surface area contributed by atoms with Crippen LogP contribution in [0.25, 0.3) is 22.2 Å². The molecule has 6 rings (SSSR count). The predicted octanol–water partition coefficient (Wildman–Crippen LogP) is 4.51. The van der Waals surface area contributed by atoms with E-state index in [2.05, 4.69) is 62.7 Å². The third kappa shape index (κ3) is 2.76. The quantitative estimate of drug-likeness (QED) is 0.643. The maximum atomic E-state index is 10.2. The van der Waals surface area contributed by atoms with Gasteiger partial charge < -0.3 is 15.0 Å². The van der Waals surface area contributed by atoms with Gasteiger partial charge in [-0.05, 0) is 61.5 Å². The largest absolute Gasteiger partial charge is 0.393 e. The fourth-order valence-electron chi connectivity index (χ4n) is 5.01. The van der Waals surface area contributed by atoms with Crippen molar-refractivity contribution in [1.82, 2.24) is 9.29 Å². The zero-order valence-corrected chi connectivity index (χ0v) is 16.7. The standard InChI is InChI=1S/C23H25N3OS/c27-23-12-17-10-16(23)14-26(17)22-7-6-18(28-25-8-3-9-25)13-19(22)21-11-15-4-1-2-5-20(15)24-21/h1-2,4-7,11,13,16-17,23-24,27H,3,8-10,12,14H2/t16-,17-,23?/m1/s1. The third-order valence-electron chi connectivity index (χ3n) is 6.65. The van der Waals surface area contributed by atoms with E-state index in [4.69, 9.17) is 0 Å². The second-order valence-corrected chi connectivity index (χ2v) is 9.60. The van der Waals surface area contributed by atoms with Crippen LogP contribution in [-0.4, -0.2) is 46.2 Å². The molecule has 0 radical (unpaired) electrons. The Morgan fingerprint density at radius 3 is 2.64 bits per heavy atom. The van der Waals surface area contributed by atoms with E-state index in [1.807, 2.05) is 11.9 Å². The number of aliphatic hydroxyl groups is 1. The number of hydrogen-bond acceptors (Lipinski definition) is 4. The van der Waals surface area contributed by atoms with E-state index in [0.29, 0.717) is 12.0 Å². The van der Waals surface area contributed by atoms with Gasteiger partial charge in [0.2, 0.25) is 0 Å². The summed E-state index contributed by atoms with van der Waals surface area (Å²) in [6.07, 6.45) is 3.22. The highest BCUT2D eigenvalue weighted by atomic mass is 32.2. The van der Waals surface area contributed by atoms with Gasteiger partial charge in [-0.2, -0.15) is 0 Å². The number of aliphatic hydroxyl groups excluding tert-OH is 1. The molecule has 0 amide bonds. The molecule has 3 aliphatic rings. The number of aromatic nitrogens is 1. The van der Waals surface area contributed by atoms with Crippen LogP contribution in [0.3, 0.4) is 0 Å². The van der Waals surface area contributed by atoms with Crippen LogP contribution in [-0.2, 0) is 0 Å². The van der Waals surface area contributed by atoms with Crippen LogP contribution in [0.1, 0.15) is 19.3 Å². The Bertz CT molecular complexity index is 993. The van der Waals surface area contributed by atoms with Gasteiger partial charge in [0, 0.05) is 64.3 Å². The number of para-hydroxylation sites is 1. The number of fused-ring (bicyclic) bond motifs is 3. The summed E-state index contributed by atoms with van der Waals surface area (Å²) in [5.74, 6) is 0.427. The van der Waals surface area contributed by atoms with Gasteiger partial charge in [-0.15, -0.1) is 0 Å². The summed E-state index contributed by atoms with van der Waals surface area (Å²) in [6.45, 7) is 3.33. The molecule has 144 valence electrons. The third-order valence-corrected chi connectivity index (χ3v) is 7.74. The second-order valence-electron chi connectivity index (χ2n) is 8.43. The Hall–Kier alpha value is -1.95. The van der Waals surface area contributed by atoms with Crippen LogP contribution in [0, 0.1) is 5.92 Å². The van der Waals surface area contributed by atoms with Gasteiger partial charge >= 0.3 is 0 Å². The van der Waals surface area contributed by atoms with E-state index in [1.165, 1.54) is 52.3 Å². The zero-order valence-electron chi connectivity index (χ0n) is 15.8. The molecule has 2 aliphatic heterocycles. The van der Waals surface area contributed by atoms with Crippen molar-refractivity contribution in [2.24, 2.45) is 5.92 Å². The Kier molecular flexibility index (Phi) is 3.96. The first-order valence-corrected chi connectivity index (χ1v) is 11.1. The van der Waals surface area contributed by atoms with Gasteiger partial charge in [-0.25, -0.2) is 4.31 Å². The summed E-state index contributed by atoms with van der Waals surface area (Å²) < 4.78 is 2.43. The summed E-state index contributed by atoms with van der Waals surface area (Å²) in [4.78, 5) is 7.48. The Labute approximate surface area is 169 Å². The minimum absolute atomic E-state index is 0.112. The van der Waals surface area contributed by atoms with Gasteiger partial charge in [-0.3, -0.25) is 0 Å². The van der Waals surface area contributed by atoms with Crippen molar-refractivity contribution in [3.63, 3.8) is 0 Å². The Morgan fingerprint density at radius 1 is 1.04 bits per heavy atom. The lowest BCUT2D eigenvalue weighted by molar-refractivity contribution is 0.127. The molecule has 1 saturated carbocycles. The van der Waals surface area contributed by atoms with Gasteiger partial charge in [0.05, 0.1) is 6.10 Å². The highest BCUT2D eigenvalue weighted by Gasteiger charge is 2.44. The monoisotopic (exact) mass is 391 g/mol. The first-order chi connectivity index (χ1) is 13.7. The highest BCUT2D eigenvalue weighted by Crippen LogP contribution is 2.45. The molecule has 1 aliphatic carbocycles. The molecule has 3 fully saturated rings. The van der Waals surface area contributed by atoms with Gasteiger partial charge in [0.25, 0.3) is 0 Å². The molecular weight excluding hydrogens is 366 g/mol. The molecule has 2 aromatic carbocycles. The summed E-state index contributed by atoms with van der Waals surface area (Å²) in [7, 11) is 0. The number of nitrogens with one attached hydrogen (secondary N) is 1. The molecular formula is C23H25N3OS. The molecule has 1 unspecified atom stereocenters. The number of piperidine rings is 1. The lowest BCUT2D eigenvalue weighted by atomic mass is 10.0. The van der Waals surface area contributed by atoms with Crippen LogP contribution in [0.4, 0.5) is 5.69 Å².